The second-order valence-electron chi connectivity index (χ2n) is 10.1. The quantitative estimate of drug-likeness (QED) is 0.375. The number of ether oxygens (including phenoxy) is 2. The zero-order valence-corrected chi connectivity index (χ0v) is 21.1. The topological polar surface area (TPSA) is 76.7 Å². The second-order valence-corrected chi connectivity index (χ2v) is 10.1. The highest BCUT2D eigenvalue weighted by atomic mass is 16.5. The van der Waals surface area contributed by atoms with Gasteiger partial charge in [-0.2, -0.15) is 0 Å². The molecule has 0 aliphatic heterocycles. The Hall–Kier alpha value is -1.14. The van der Waals surface area contributed by atoms with Crippen LogP contribution in [0, 0.1) is 11.8 Å². The zero-order valence-electron chi connectivity index (χ0n) is 21.1. The summed E-state index contributed by atoms with van der Waals surface area (Å²) in [4.78, 5) is 25.0. The van der Waals surface area contributed by atoms with Gasteiger partial charge in [-0.3, -0.25) is 9.59 Å². The fraction of sp³-hybridized carbons (Fsp3) is 0.917. The van der Waals surface area contributed by atoms with E-state index in [1.54, 1.807) is 0 Å². The molecule has 178 valence electrons. The third-order valence-electron chi connectivity index (χ3n) is 4.68. The number of esters is 2. The summed E-state index contributed by atoms with van der Waals surface area (Å²) in [5, 5.41) is 6.72. The molecular formula is C24H48N2O4. The molecule has 0 aliphatic carbocycles. The minimum atomic E-state index is -0.314. The van der Waals surface area contributed by atoms with Crippen LogP contribution >= 0.6 is 0 Å². The summed E-state index contributed by atoms with van der Waals surface area (Å²) in [5.74, 6) is 0.433. The largest absolute Gasteiger partial charge is 0.462 e. The first-order valence-electron chi connectivity index (χ1n) is 11.7. The lowest BCUT2D eigenvalue weighted by atomic mass is 10.0. The summed E-state index contributed by atoms with van der Waals surface area (Å²) in [6.07, 6.45) is 2.75. The lowest BCUT2D eigenvalue weighted by Gasteiger charge is -2.26. The molecule has 3 unspecified atom stereocenters. The Morgan fingerprint density at radius 2 is 1.13 bits per heavy atom. The van der Waals surface area contributed by atoms with Gasteiger partial charge in [-0.25, -0.2) is 0 Å². The Bertz CT molecular complexity index is 482. The maximum atomic E-state index is 12.6. The molecule has 0 radical (unpaired) electrons. The van der Waals surface area contributed by atoms with Gasteiger partial charge in [0.15, 0.2) is 0 Å². The molecular weight excluding hydrogens is 380 g/mol. The van der Waals surface area contributed by atoms with Crippen LogP contribution in [-0.4, -0.2) is 48.3 Å². The first-order valence-corrected chi connectivity index (χ1v) is 11.7. The van der Waals surface area contributed by atoms with E-state index in [0.29, 0.717) is 11.8 Å². The molecule has 0 amide bonds. The Morgan fingerprint density at radius 3 is 1.57 bits per heavy atom. The molecule has 6 heteroatoms. The van der Waals surface area contributed by atoms with Crippen molar-refractivity contribution in [2.75, 3.05) is 0 Å². The number of nitrogens with one attached hydrogen (secondary N) is 2. The molecule has 0 spiro atoms. The lowest BCUT2D eigenvalue weighted by molar-refractivity contribution is -0.152. The van der Waals surface area contributed by atoms with Crippen molar-refractivity contribution in [3.8, 4) is 0 Å². The van der Waals surface area contributed by atoms with E-state index >= 15 is 0 Å². The van der Waals surface area contributed by atoms with Gasteiger partial charge < -0.3 is 20.1 Å². The summed E-state index contributed by atoms with van der Waals surface area (Å²) in [5.41, 5.74) is 0. The highest BCUT2D eigenvalue weighted by Gasteiger charge is 2.26. The van der Waals surface area contributed by atoms with Crippen LogP contribution in [0.15, 0.2) is 0 Å². The van der Waals surface area contributed by atoms with Gasteiger partial charge in [0.25, 0.3) is 0 Å². The molecule has 0 aliphatic rings. The summed E-state index contributed by atoms with van der Waals surface area (Å²) < 4.78 is 11.1. The molecule has 2 N–H and O–H groups in total. The third kappa shape index (κ3) is 14.0. The maximum Gasteiger partial charge on any atom is 0.323 e. The number of carbonyl (C=O) groups excluding carboxylic acids is 2. The van der Waals surface area contributed by atoms with E-state index in [4.69, 9.17) is 9.47 Å². The number of hydrogen-bond acceptors (Lipinski definition) is 6. The molecule has 0 aromatic heterocycles. The van der Waals surface area contributed by atoms with Crippen molar-refractivity contribution in [1.29, 1.82) is 0 Å². The van der Waals surface area contributed by atoms with Gasteiger partial charge in [-0.1, -0.05) is 41.5 Å². The van der Waals surface area contributed by atoms with Crippen LogP contribution in [0.4, 0.5) is 0 Å². The number of carbonyl (C=O) groups is 2. The van der Waals surface area contributed by atoms with E-state index in [-0.39, 0.29) is 48.3 Å². The number of hydrogen-bond donors (Lipinski definition) is 2. The zero-order chi connectivity index (χ0) is 23.4. The van der Waals surface area contributed by atoms with E-state index in [1.165, 1.54) is 0 Å². The van der Waals surface area contributed by atoms with Crippen molar-refractivity contribution >= 4 is 11.9 Å². The van der Waals surface area contributed by atoms with Crippen molar-refractivity contribution in [2.24, 2.45) is 11.8 Å². The Labute approximate surface area is 185 Å². The van der Waals surface area contributed by atoms with Crippen molar-refractivity contribution in [3.05, 3.63) is 0 Å². The molecule has 0 heterocycles. The van der Waals surface area contributed by atoms with Crippen molar-refractivity contribution in [3.63, 3.8) is 0 Å². The SMILES string of the molecule is CC(C)CC(NC(C)CCC(C)OC(=O)[C@@H](CC(C)C)NC(C)C)C(=O)OC(C)C. The van der Waals surface area contributed by atoms with Crippen molar-refractivity contribution in [2.45, 2.75) is 131 Å². The monoisotopic (exact) mass is 428 g/mol. The van der Waals surface area contributed by atoms with Crippen LogP contribution in [0.25, 0.3) is 0 Å². The fourth-order valence-electron chi connectivity index (χ4n) is 3.38. The van der Waals surface area contributed by atoms with E-state index in [0.717, 1.165) is 25.7 Å². The Kier molecular flexibility index (Phi) is 14.2. The van der Waals surface area contributed by atoms with Gasteiger partial charge in [0.2, 0.25) is 0 Å². The third-order valence-corrected chi connectivity index (χ3v) is 4.68. The van der Waals surface area contributed by atoms with Gasteiger partial charge >= 0.3 is 11.9 Å². The fourth-order valence-corrected chi connectivity index (χ4v) is 3.38. The first-order chi connectivity index (χ1) is 13.8. The summed E-state index contributed by atoms with van der Waals surface area (Å²) >= 11 is 0. The lowest BCUT2D eigenvalue weighted by Crippen LogP contribution is -2.45. The summed E-state index contributed by atoms with van der Waals surface area (Å²) in [7, 11) is 0. The van der Waals surface area contributed by atoms with E-state index in [2.05, 4.69) is 45.3 Å². The van der Waals surface area contributed by atoms with Gasteiger partial charge in [0.1, 0.15) is 12.1 Å². The van der Waals surface area contributed by atoms with Gasteiger partial charge in [-0.05, 0) is 65.2 Å². The van der Waals surface area contributed by atoms with Gasteiger partial charge in [0, 0.05) is 12.1 Å². The average Bonchev–Trinajstić information content (AvgIpc) is 2.57. The minimum absolute atomic E-state index is 0.120. The minimum Gasteiger partial charge on any atom is -0.462 e. The molecule has 0 saturated heterocycles. The maximum absolute atomic E-state index is 12.6. The smallest absolute Gasteiger partial charge is 0.323 e. The molecule has 4 atom stereocenters. The predicted molar refractivity (Wildman–Crippen MR) is 123 cm³/mol. The molecule has 0 aromatic rings. The Morgan fingerprint density at radius 1 is 0.667 bits per heavy atom. The number of rotatable bonds is 15. The predicted octanol–water partition coefficient (Wildman–Crippen LogP) is 4.46. The first kappa shape index (κ1) is 28.9. The van der Waals surface area contributed by atoms with E-state index in [9.17, 15) is 9.59 Å². The molecule has 0 bridgehead atoms. The van der Waals surface area contributed by atoms with Gasteiger partial charge in [0.05, 0.1) is 12.2 Å². The highest BCUT2D eigenvalue weighted by molar-refractivity contribution is 5.76. The van der Waals surface area contributed by atoms with Crippen LogP contribution in [-0.2, 0) is 19.1 Å². The molecule has 0 fully saturated rings. The molecule has 0 saturated carbocycles. The van der Waals surface area contributed by atoms with Crippen LogP contribution in [0.1, 0.15) is 94.9 Å². The van der Waals surface area contributed by atoms with Crippen molar-refractivity contribution in [1.82, 2.24) is 10.6 Å². The highest BCUT2D eigenvalue weighted by Crippen LogP contribution is 2.13. The Balaban J connectivity index is 4.65. The van der Waals surface area contributed by atoms with Crippen LogP contribution in [0.5, 0.6) is 0 Å². The molecule has 30 heavy (non-hydrogen) atoms. The second kappa shape index (κ2) is 14.8. The van der Waals surface area contributed by atoms with Crippen LogP contribution in [0.2, 0.25) is 0 Å². The molecule has 0 aromatic carbocycles. The average molecular weight is 429 g/mol. The van der Waals surface area contributed by atoms with Crippen LogP contribution < -0.4 is 10.6 Å². The standard InChI is InChI=1S/C24H48N2O4/c1-15(2)13-21(25-17(5)6)24(28)30-20(10)12-11-19(9)26-22(14-16(3)4)23(27)29-18(7)8/h15-22,25-26H,11-14H2,1-10H3/t19?,20?,21-,22?/m1/s1. The van der Waals surface area contributed by atoms with Crippen molar-refractivity contribution < 1.29 is 19.1 Å². The van der Waals surface area contributed by atoms with E-state index in [1.807, 2.05) is 34.6 Å². The molecule has 0 rings (SSSR count). The summed E-state index contributed by atoms with van der Waals surface area (Å²) in [6, 6.07) is -0.241. The normalized spacial score (nSPS) is 16.1. The van der Waals surface area contributed by atoms with E-state index < -0.39 is 0 Å². The summed E-state index contributed by atoms with van der Waals surface area (Å²) in [6.45, 7) is 20.2. The molecule has 6 nitrogen and oxygen atoms in total. The van der Waals surface area contributed by atoms with Crippen LogP contribution in [0.3, 0.4) is 0 Å². The van der Waals surface area contributed by atoms with Gasteiger partial charge in [-0.15, -0.1) is 0 Å².